The highest BCUT2D eigenvalue weighted by atomic mass is 16.6. The Morgan fingerprint density at radius 2 is 1.67 bits per heavy atom. The highest BCUT2D eigenvalue weighted by Gasteiger charge is 2.37. The molecule has 2 aromatic rings. The molecule has 0 spiro atoms. The Morgan fingerprint density at radius 1 is 1.06 bits per heavy atom. The smallest absolute Gasteiger partial charge is 0.408 e. The summed E-state index contributed by atoms with van der Waals surface area (Å²) in [4.78, 5) is 40.8. The Kier molecular flexibility index (Phi) is 9.92. The molecule has 2 rings (SSSR count). The van der Waals surface area contributed by atoms with Crippen LogP contribution in [0.2, 0.25) is 0 Å². The highest BCUT2D eigenvalue weighted by molar-refractivity contribution is 5.99. The predicted molar refractivity (Wildman–Crippen MR) is 139 cm³/mol. The average Bonchev–Trinajstić information content (AvgIpc) is 2.84. The number of carbonyl (C=O) groups excluding carboxylic acids is 3. The number of alkyl carbamates (subject to hydrolysis) is 1. The van der Waals surface area contributed by atoms with E-state index in [0.717, 1.165) is 4.90 Å². The van der Waals surface area contributed by atoms with Crippen molar-refractivity contribution in [2.24, 2.45) is 5.92 Å². The topological polar surface area (TPSA) is 97.0 Å². The van der Waals surface area contributed by atoms with Gasteiger partial charge in [0.25, 0.3) is 11.8 Å². The lowest BCUT2D eigenvalue weighted by atomic mass is 9.96. The number of methoxy groups -OCH3 is 1. The van der Waals surface area contributed by atoms with Gasteiger partial charge in [0.15, 0.2) is 0 Å². The largest absolute Gasteiger partial charge is 0.497 e. The maximum absolute atomic E-state index is 13.7. The summed E-state index contributed by atoms with van der Waals surface area (Å²) in [5.74, 6) is -0.728. The van der Waals surface area contributed by atoms with Crippen LogP contribution in [0.1, 0.15) is 52.6 Å². The summed E-state index contributed by atoms with van der Waals surface area (Å²) in [6.07, 6.45) is 5.65. The molecule has 0 bridgehead atoms. The first-order chi connectivity index (χ1) is 17.0. The maximum Gasteiger partial charge on any atom is 0.408 e. The van der Waals surface area contributed by atoms with Crippen molar-refractivity contribution in [3.05, 3.63) is 60.2 Å². The van der Waals surface area contributed by atoms with Crippen molar-refractivity contribution in [1.29, 1.82) is 0 Å². The highest BCUT2D eigenvalue weighted by Crippen LogP contribution is 2.26. The van der Waals surface area contributed by atoms with Gasteiger partial charge in [-0.3, -0.25) is 14.5 Å². The van der Waals surface area contributed by atoms with Crippen molar-refractivity contribution >= 4 is 23.6 Å². The standard InChI is InChI=1S/C28H35N3O5/c1-8-19(3)23(30-27(34)36-28(4,5)6)26(33)31(9-2)24(20-13-11-10-12-14-20)25(32)29-21-15-17-22(35-7)18-16-21/h2,10-19,23-24H,8H2,1,3-7H3,(H,29,32)(H,30,34). The molecule has 0 saturated heterocycles. The minimum absolute atomic E-state index is 0.276. The maximum atomic E-state index is 13.7. The third-order valence-electron chi connectivity index (χ3n) is 5.51. The van der Waals surface area contributed by atoms with Crippen LogP contribution in [0.5, 0.6) is 5.75 Å². The summed E-state index contributed by atoms with van der Waals surface area (Å²) in [5.41, 5.74) is 0.288. The van der Waals surface area contributed by atoms with Crippen LogP contribution in [0, 0.1) is 18.4 Å². The number of nitrogens with zero attached hydrogens (tertiary/aromatic N) is 1. The summed E-state index contributed by atoms with van der Waals surface area (Å²) in [6, 6.07) is 15.8. The number of rotatable bonds is 9. The van der Waals surface area contributed by atoms with Crippen molar-refractivity contribution < 1.29 is 23.9 Å². The predicted octanol–water partition coefficient (Wildman–Crippen LogP) is 4.73. The third kappa shape index (κ3) is 7.77. The number of nitrogens with one attached hydrogen (secondary N) is 2. The second kappa shape index (κ2) is 12.6. The number of carbonyl (C=O) groups is 3. The van der Waals surface area contributed by atoms with Crippen LogP contribution in [0.15, 0.2) is 54.6 Å². The van der Waals surface area contributed by atoms with E-state index in [9.17, 15) is 14.4 Å². The number of benzene rings is 2. The molecule has 0 fully saturated rings. The zero-order valence-electron chi connectivity index (χ0n) is 21.7. The molecule has 192 valence electrons. The molecule has 8 heteroatoms. The zero-order chi connectivity index (χ0) is 26.9. The number of anilines is 1. The molecule has 3 unspecified atom stereocenters. The minimum atomic E-state index is -1.14. The van der Waals surface area contributed by atoms with Crippen LogP contribution in [-0.2, 0) is 14.3 Å². The van der Waals surface area contributed by atoms with E-state index in [4.69, 9.17) is 15.9 Å². The van der Waals surface area contributed by atoms with E-state index in [1.165, 1.54) is 0 Å². The molecule has 0 aliphatic rings. The fraction of sp³-hybridized carbons (Fsp3) is 0.393. The molecule has 36 heavy (non-hydrogen) atoms. The van der Waals surface area contributed by atoms with Gasteiger partial charge in [0.2, 0.25) is 0 Å². The third-order valence-corrected chi connectivity index (χ3v) is 5.51. The molecule has 0 heterocycles. The molecule has 0 aliphatic heterocycles. The summed E-state index contributed by atoms with van der Waals surface area (Å²) >= 11 is 0. The van der Waals surface area contributed by atoms with E-state index in [1.807, 2.05) is 13.8 Å². The first kappa shape index (κ1) is 28.2. The van der Waals surface area contributed by atoms with Crippen molar-refractivity contribution in [3.63, 3.8) is 0 Å². The second-order valence-corrected chi connectivity index (χ2v) is 9.38. The van der Waals surface area contributed by atoms with Crippen LogP contribution in [-0.4, -0.2) is 41.6 Å². The van der Waals surface area contributed by atoms with Gasteiger partial charge in [-0.15, -0.1) is 0 Å². The van der Waals surface area contributed by atoms with Gasteiger partial charge in [-0.05, 0) is 56.5 Å². The van der Waals surface area contributed by atoms with Crippen molar-refractivity contribution in [3.8, 4) is 18.2 Å². The van der Waals surface area contributed by atoms with Gasteiger partial charge >= 0.3 is 6.09 Å². The molecule has 8 nitrogen and oxygen atoms in total. The normalized spacial score (nSPS) is 13.4. The van der Waals surface area contributed by atoms with E-state index >= 15 is 0 Å². The SMILES string of the molecule is C#CN(C(=O)C(NC(=O)OC(C)(C)C)C(C)CC)C(C(=O)Nc1ccc(OC)cc1)c1ccccc1. The summed E-state index contributed by atoms with van der Waals surface area (Å²) < 4.78 is 10.5. The van der Waals surface area contributed by atoms with Gasteiger partial charge in [0.05, 0.1) is 7.11 Å². The Labute approximate surface area is 213 Å². The van der Waals surface area contributed by atoms with Crippen LogP contribution < -0.4 is 15.4 Å². The van der Waals surface area contributed by atoms with E-state index in [2.05, 4.69) is 16.7 Å². The average molecular weight is 494 g/mol. The first-order valence-electron chi connectivity index (χ1n) is 11.8. The molecule has 3 atom stereocenters. The van der Waals surface area contributed by atoms with E-state index < -0.39 is 35.6 Å². The quantitative estimate of drug-likeness (QED) is 0.389. The number of terminal acetylenes is 1. The summed E-state index contributed by atoms with van der Waals surface area (Å²) in [6.45, 7) is 8.91. The molecular formula is C28H35N3O5. The Balaban J connectivity index is 2.41. The molecule has 3 amide bonds. The first-order valence-corrected chi connectivity index (χ1v) is 11.8. The lowest BCUT2D eigenvalue weighted by molar-refractivity contribution is -0.137. The monoisotopic (exact) mass is 493 g/mol. The van der Waals surface area contributed by atoms with Crippen LogP contribution >= 0.6 is 0 Å². The number of hydrogen-bond acceptors (Lipinski definition) is 5. The van der Waals surface area contributed by atoms with Crippen molar-refractivity contribution in [2.75, 3.05) is 12.4 Å². The molecule has 2 aromatic carbocycles. The second-order valence-electron chi connectivity index (χ2n) is 9.38. The van der Waals surface area contributed by atoms with Gasteiger partial charge in [-0.1, -0.05) is 57.0 Å². The Morgan fingerprint density at radius 3 is 2.17 bits per heavy atom. The van der Waals surface area contributed by atoms with E-state index in [0.29, 0.717) is 23.4 Å². The summed E-state index contributed by atoms with van der Waals surface area (Å²) in [5, 5.41) is 5.47. The van der Waals surface area contributed by atoms with Crippen molar-refractivity contribution in [1.82, 2.24) is 10.2 Å². The molecule has 0 aromatic heterocycles. The molecule has 0 aliphatic carbocycles. The van der Waals surface area contributed by atoms with Crippen LogP contribution in [0.25, 0.3) is 0 Å². The molecule has 0 radical (unpaired) electrons. The number of amides is 3. The Bertz CT molecular complexity index is 1070. The van der Waals surface area contributed by atoms with E-state index in [-0.39, 0.29) is 5.92 Å². The molecule has 0 saturated carbocycles. The molecule has 2 N–H and O–H groups in total. The minimum Gasteiger partial charge on any atom is -0.497 e. The van der Waals surface area contributed by atoms with Gasteiger partial charge in [0, 0.05) is 11.7 Å². The lowest BCUT2D eigenvalue weighted by Crippen LogP contribution is -2.53. The lowest BCUT2D eigenvalue weighted by Gasteiger charge is -2.32. The zero-order valence-corrected chi connectivity index (χ0v) is 21.7. The molecular weight excluding hydrogens is 458 g/mol. The van der Waals surface area contributed by atoms with Gasteiger partial charge in [-0.2, -0.15) is 0 Å². The van der Waals surface area contributed by atoms with Gasteiger partial charge in [-0.25, -0.2) is 4.79 Å². The summed E-state index contributed by atoms with van der Waals surface area (Å²) in [7, 11) is 1.55. The van der Waals surface area contributed by atoms with Gasteiger partial charge in [0.1, 0.15) is 23.4 Å². The van der Waals surface area contributed by atoms with Crippen LogP contribution in [0.3, 0.4) is 0 Å². The van der Waals surface area contributed by atoms with Crippen LogP contribution in [0.4, 0.5) is 10.5 Å². The van der Waals surface area contributed by atoms with Gasteiger partial charge < -0.3 is 20.1 Å². The Hall–Kier alpha value is -3.99. The van der Waals surface area contributed by atoms with Crippen molar-refractivity contribution in [2.45, 2.75) is 58.7 Å². The fourth-order valence-electron chi connectivity index (χ4n) is 3.47. The van der Waals surface area contributed by atoms with E-state index in [1.54, 1.807) is 82.5 Å². The fourth-order valence-corrected chi connectivity index (χ4v) is 3.47. The number of ether oxygens (including phenoxy) is 2. The number of hydrogen-bond donors (Lipinski definition) is 2.